The minimum Gasteiger partial charge on any atom is -0.399 e. The summed E-state index contributed by atoms with van der Waals surface area (Å²) >= 11 is 0. The van der Waals surface area contributed by atoms with E-state index in [2.05, 4.69) is 10.3 Å². The van der Waals surface area contributed by atoms with Gasteiger partial charge in [-0.3, -0.25) is 8.89 Å². The van der Waals surface area contributed by atoms with Crippen LogP contribution in [0.4, 0.5) is 5.69 Å². The van der Waals surface area contributed by atoms with Crippen LogP contribution in [0.2, 0.25) is 0 Å². The Morgan fingerprint density at radius 2 is 2.24 bits per heavy atom. The lowest BCUT2D eigenvalue weighted by atomic mass is 10.2. The summed E-state index contributed by atoms with van der Waals surface area (Å²) < 4.78 is 13.7. The fourth-order valence-electron chi connectivity index (χ4n) is 1.60. The lowest BCUT2D eigenvalue weighted by molar-refractivity contribution is 0.681. The molecular formula is C11H14N4OS. The number of aromatic nitrogens is 3. The Bertz CT molecular complexity index is 564. The summed E-state index contributed by atoms with van der Waals surface area (Å²) in [5.41, 5.74) is 8.00. The highest BCUT2D eigenvalue weighted by atomic mass is 32.2. The summed E-state index contributed by atoms with van der Waals surface area (Å²) in [5.74, 6) is 0.374. The predicted molar refractivity (Wildman–Crippen MR) is 66.7 cm³/mol. The standard InChI is InChI=1S/C11H14N4OS/c1-8-5-9(12)3-4-11(8)17(16)7-10-6-15(2)14-13-10/h3-6H,7,12H2,1-2H3. The van der Waals surface area contributed by atoms with Crippen molar-refractivity contribution in [3.05, 3.63) is 35.7 Å². The van der Waals surface area contributed by atoms with E-state index in [9.17, 15) is 4.21 Å². The molecule has 0 amide bonds. The maximum atomic E-state index is 12.1. The van der Waals surface area contributed by atoms with Crippen molar-refractivity contribution in [1.29, 1.82) is 0 Å². The van der Waals surface area contributed by atoms with Crippen molar-refractivity contribution < 1.29 is 4.21 Å². The first-order chi connectivity index (χ1) is 8.06. The lowest BCUT2D eigenvalue weighted by Gasteiger charge is -2.05. The van der Waals surface area contributed by atoms with Crippen LogP contribution in [0.1, 0.15) is 11.3 Å². The van der Waals surface area contributed by atoms with Gasteiger partial charge in [0.05, 0.1) is 22.2 Å². The van der Waals surface area contributed by atoms with E-state index in [0.717, 1.165) is 16.2 Å². The lowest BCUT2D eigenvalue weighted by Crippen LogP contribution is -2.00. The van der Waals surface area contributed by atoms with Crippen molar-refractivity contribution in [3.63, 3.8) is 0 Å². The molecule has 0 aliphatic heterocycles. The first-order valence-corrected chi connectivity index (χ1v) is 6.48. The maximum Gasteiger partial charge on any atom is 0.0955 e. The predicted octanol–water partition coefficient (Wildman–Crippen LogP) is 1.01. The molecule has 0 aliphatic rings. The molecule has 1 unspecified atom stereocenters. The van der Waals surface area contributed by atoms with Crippen LogP contribution in [0.5, 0.6) is 0 Å². The Morgan fingerprint density at radius 3 is 2.82 bits per heavy atom. The molecule has 0 spiro atoms. The van der Waals surface area contributed by atoms with Crippen molar-refractivity contribution >= 4 is 16.5 Å². The molecule has 2 aromatic rings. The zero-order valence-corrected chi connectivity index (χ0v) is 10.6. The number of nitrogens with zero attached hydrogens (tertiary/aromatic N) is 3. The molecule has 0 radical (unpaired) electrons. The normalized spacial score (nSPS) is 12.6. The topological polar surface area (TPSA) is 73.8 Å². The average Bonchev–Trinajstić information content (AvgIpc) is 2.63. The van der Waals surface area contributed by atoms with Gasteiger partial charge in [-0.25, -0.2) is 0 Å². The highest BCUT2D eigenvalue weighted by Gasteiger charge is 2.10. The van der Waals surface area contributed by atoms with E-state index in [1.165, 1.54) is 0 Å². The van der Waals surface area contributed by atoms with E-state index in [1.54, 1.807) is 30.1 Å². The third-order valence-electron chi connectivity index (χ3n) is 2.37. The fourth-order valence-corrected chi connectivity index (χ4v) is 2.80. The Morgan fingerprint density at radius 1 is 1.47 bits per heavy atom. The Hall–Kier alpha value is -1.69. The van der Waals surface area contributed by atoms with Gasteiger partial charge in [-0.1, -0.05) is 5.21 Å². The van der Waals surface area contributed by atoms with Gasteiger partial charge in [0, 0.05) is 23.8 Å². The molecule has 1 aromatic carbocycles. The number of hydrogen-bond donors (Lipinski definition) is 1. The first-order valence-electron chi connectivity index (χ1n) is 5.16. The van der Waals surface area contributed by atoms with E-state index >= 15 is 0 Å². The van der Waals surface area contributed by atoms with Crippen molar-refractivity contribution in [2.45, 2.75) is 17.6 Å². The molecule has 0 bridgehead atoms. The van der Waals surface area contributed by atoms with Crippen LogP contribution in [0.15, 0.2) is 29.3 Å². The monoisotopic (exact) mass is 250 g/mol. The average molecular weight is 250 g/mol. The summed E-state index contributed by atoms with van der Waals surface area (Å²) in [4.78, 5) is 0.796. The Labute approximate surface area is 102 Å². The largest absolute Gasteiger partial charge is 0.399 e. The first kappa shape index (κ1) is 11.8. The number of nitrogens with two attached hydrogens (primary N) is 1. The van der Waals surface area contributed by atoms with Gasteiger partial charge < -0.3 is 5.73 Å². The smallest absolute Gasteiger partial charge is 0.0955 e. The zero-order chi connectivity index (χ0) is 12.4. The summed E-state index contributed by atoms with van der Waals surface area (Å²) in [7, 11) is 0.673. The van der Waals surface area contributed by atoms with Gasteiger partial charge in [0.15, 0.2) is 0 Å². The number of benzene rings is 1. The number of aryl methyl sites for hydroxylation is 2. The van der Waals surface area contributed by atoms with Crippen molar-refractivity contribution in [2.24, 2.45) is 7.05 Å². The van der Waals surface area contributed by atoms with Crippen LogP contribution in [0, 0.1) is 6.92 Å². The third-order valence-corrected chi connectivity index (χ3v) is 3.88. The molecule has 90 valence electrons. The second-order valence-corrected chi connectivity index (χ2v) is 5.32. The molecule has 6 heteroatoms. The number of hydrogen-bond acceptors (Lipinski definition) is 4. The van der Waals surface area contributed by atoms with Gasteiger partial charge in [-0.05, 0) is 30.7 Å². The van der Waals surface area contributed by atoms with Gasteiger partial charge in [-0.2, -0.15) is 0 Å². The van der Waals surface area contributed by atoms with E-state index in [-0.39, 0.29) is 0 Å². The summed E-state index contributed by atoms with van der Waals surface area (Å²) in [6.45, 7) is 1.90. The minimum absolute atomic E-state index is 0.374. The maximum absolute atomic E-state index is 12.1. The molecular weight excluding hydrogens is 236 g/mol. The van der Waals surface area contributed by atoms with Gasteiger partial charge in [0.2, 0.25) is 0 Å². The zero-order valence-electron chi connectivity index (χ0n) is 9.75. The Balaban J connectivity index is 2.20. The molecule has 17 heavy (non-hydrogen) atoms. The van der Waals surface area contributed by atoms with Gasteiger partial charge >= 0.3 is 0 Å². The van der Waals surface area contributed by atoms with Crippen LogP contribution in [-0.4, -0.2) is 19.2 Å². The molecule has 0 saturated carbocycles. The molecule has 5 nitrogen and oxygen atoms in total. The molecule has 1 aromatic heterocycles. The Kier molecular flexibility index (Phi) is 3.23. The molecule has 1 heterocycles. The van der Waals surface area contributed by atoms with Crippen molar-refractivity contribution in [3.8, 4) is 0 Å². The van der Waals surface area contributed by atoms with E-state index in [4.69, 9.17) is 5.73 Å². The molecule has 0 fully saturated rings. The highest BCUT2D eigenvalue weighted by molar-refractivity contribution is 7.84. The quantitative estimate of drug-likeness (QED) is 0.825. The van der Waals surface area contributed by atoms with Crippen LogP contribution >= 0.6 is 0 Å². The van der Waals surface area contributed by atoms with Crippen LogP contribution in [0.25, 0.3) is 0 Å². The van der Waals surface area contributed by atoms with E-state index < -0.39 is 10.8 Å². The minimum atomic E-state index is -1.11. The number of anilines is 1. The van der Waals surface area contributed by atoms with E-state index in [1.807, 2.05) is 13.0 Å². The molecule has 0 saturated heterocycles. The van der Waals surface area contributed by atoms with Crippen molar-refractivity contribution in [1.82, 2.24) is 15.0 Å². The number of rotatable bonds is 3. The second kappa shape index (κ2) is 4.67. The molecule has 2 rings (SSSR count). The molecule has 2 N–H and O–H groups in total. The van der Waals surface area contributed by atoms with Crippen molar-refractivity contribution in [2.75, 3.05) is 5.73 Å². The van der Waals surface area contributed by atoms with Crippen LogP contribution in [0.3, 0.4) is 0 Å². The summed E-state index contributed by atoms with van der Waals surface area (Å²) in [5, 5.41) is 7.74. The van der Waals surface area contributed by atoms with Gasteiger partial charge in [0.25, 0.3) is 0 Å². The highest BCUT2D eigenvalue weighted by Crippen LogP contribution is 2.18. The number of nitrogen functional groups attached to an aromatic ring is 1. The second-order valence-electron chi connectivity index (χ2n) is 3.90. The van der Waals surface area contributed by atoms with Gasteiger partial charge in [-0.15, -0.1) is 5.10 Å². The fraction of sp³-hybridized carbons (Fsp3) is 0.273. The SMILES string of the molecule is Cc1cc(N)ccc1S(=O)Cc1cn(C)nn1. The van der Waals surface area contributed by atoms with Crippen LogP contribution < -0.4 is 5.73 Å². The third kappa shape index (κ3) is 2.71. The van der Waals surface area contributed by atoms with Gasteiger partial charge in [0.1, 0.15) is 0 Å². The summed E-state index contributed by atoms with van der Waals surface area (Å²) in [6, 6.07) is 5.39. The summed E-state index contributed by atoms with van der Waals surface area (Å²) in [6.07, 6.45) is 1.77. The molecule has 1 atom stereocenters. The van der Waals surface area contributed by atoms with Crippen LogP contribution in [-0.2, 0) is 23.6 Å². The molecule has 0 aliphatic carbocycles. The van der Waals surface area contributed by atoms with E-state index in [0.29, 0.717) is 11.4 Å².